The second-order valence-corrected chi connectivity index (χ2v) is 4.03. The summed E-state index contributed by atoms with van der Waals surface area (Å²) >= 11 is 0. The molecule has 2 heteroatoms. The van der Waals surface area contributed by atoms with Crippen molar-refractivity contribution in [1.29, 1.82) is 0 Å². The van der Waals surface area contributed by atoms with Crippen LogP contribution in [0.3, 0.4) is 0 Å². The predicted octanol–water partition coefficient (Wildman–Crippen LogP) is 2.11. The zero-order valence-electron chi connectivity index (χ0n) is 8.55. The number of amides is 1. The average Bonchev–Trinajstić information content (AvgIpc) is 2.49. The van der Waals surface area contributed by atoms with Crippen molar-refractivity contribution in [1.82, 2.24) is 5.32 Å². The Bertz CT molecular complexity index is 198. The highest BCUT2D eigenvalue weighted by atomic mass is 16.1. The van der Waals surface area contributed by atoms with Crippen LogP contribution in [0.1, 0.15) is 33.1 Å². The van der Waals surface area contributed by atoms with E-state index < -0.39 is 0 Å². The van der Waals surface area contributed by atoms with E-state index in [1.807, 2.05) is 6.92 Å². The molecule has 1 aliphatic carbocycles. The van der Waals surface area contributed by atoms with Crippen molar-refractivity contribution in [2.75, 3.05) is 6.54 Å². The van der Waals surface area contributed by atoms with Gasteiger partial charge in [0.2, 0.25) is 5.91 Å². The molecule has 2 unspecified atom stereocenters. The molecule has 1 saturated carbocycles. The summed E-state index contributed by atoms with van der Waals surface area (Å²) in [6.45, 7) is 5.00. The van der Waals surface area contributed by atoms with Gasteiger partial charge in [-0.3, -0.25) is 4.79 Å². The first-order chi connectivity index (χ1) is 6.22. The van der Waals surface area contributed by atoms with Crippen LogP contribution in [0.2, 0.25) is 0 Å². The molecule has 0 aliphatic heterocycles. The summed E-state index contributed by atoms with van der Waals surface area (Å²) in [6, 6.07) is 0. The monoisotopic (exact) mass is 181 g/mol. The van der Waals surface area contributed by atoms with Gasteiger partial charge in [0.15, 0.2) is 0 Å². The zero-order valence-corrected chi connectivity index (χ0v) is 8.55. The first kappa shape index (κ1) is 10.3. The fraction of sp³-hybridized carbons (Fsp3) is 0.727. The molecule has 0 spiro atoms. The van der Waals surface area contributed by atoms with Gasteiger partial charge in [-0.25, -0.2) is 0 Å². The quantitative estimate of drug-likeness (QED) is 0.664. The minimum Gasteiger partial charge on any atom is -0.352 e. The molecule has 0 bridgehead atoms. The van der Waals surface area contributed by atoms with E-state index in [4.69, 9.17) is 0 Å². The number of hydrogen-bond donors (Lipinski definition) is 1. The van der Waals surface area contributed by atoms with Crippen molar-refractivity contribution in [2.45, 2.75) is 33.1 Å². The van der Waals surface area contributed by atoms with Crippen LogP contribution in [0.4, 0.5) is 0 Å². The van der Waals surface area contributed by atoms with Gasteiger partial charge in [-0.1, -0.05) is 19.4 Å². The van der Waals surface area contributed by atoms with Crippen LogP contribution in [-0.2, 0) is 4.79 Å². The first-order valence-corrected chi connectivity index (χ1v) is 5.13. The summed E-state index contributed by atoms with van der Waals surface area (Å²) in [4.78, 5) is 11.1. The molecule has 1 N–H and O–H groups in total. The summed E-state index contributed by atoms with van der Waals surface area (Å²) in [5, 5.41) is 2.92. The minimum atomic E-state index is 0.0436. The SMILES string of the molecule is C/C=C/C(=O)NCC1CCC(C)C1. The summed E-state index contributed by atoms with van der Waals surface area (Å²) < 4.78 is 0. The molecule has 1 amide bonds. The number of carbonyl (C=O) groups is 1. The summed E-state index contributed by atoms with van der Waals surface area (Å²) in [5.74, 6) is 1.61. The van der Waals surface area contributed by atoms with Gasteiger partial charge >= 0.3 is 0 Å². The lowest BCUT2D eigenvalue weighted by atomic mass is 10.1. The lowest BCUT2D eigenvalue weighted by Crippen LogP contribution is -2.26. The zero-order chi connectivity index (χ0) is 9.68. The third-order valence-electron chi connectivity index (χ3n) is 2.69. The maximum atomic E-state index is 11.1. The Balaban J connectivity index is 2.16. The molecule has 2 nitrogen and oxygen atoms in total. The molecule has 0 aromatic rings. The molecule has 1 rings (SSSR count). The summed E-state index contributed by atoms with van der Waals surface area (Å²) in [6.07, 6.45) is 7.22. The fourth-order valence-corrected chi connectivity index (χ4v) is 1.97. The standard InChI is InChI=1S/C11H19NO/c1-3-4-11(13)12-8-10-6-5-9(2)7-10/h3-4,9-10H,5-8H2,1-2H3,(H,12,13)/b4-3+. The Morgan fingerprint density at radius 2 is 2.31 bits per heavy atom. The van der Waals surface area contributed by atoms with E-state index >= 15 is 0 Å². The summed E-state index contributed by atoms with van der Waals surface area (Å²) in [7, 11) is 0. The van der Waals surface area contributed by atoms with Crippen molar-refractivity contribution >= 4 is 5.91 Å². The molecule has 1 aliphatic rings. The second kappa shape index (κ2) is 5.05. The van der Waals surface area contributed by atoms with Crippen molar-refractivity contribution in [2.24, 2.45) is 11.8 Å². The van der Waals surface area contributed by atoms with E-state index in [1.165, 1.54) is 19.3 Å². The number of allylic oxidation sites excluding steroid dienone is 1. The topological polar surface area (TPSA) is 29.1 Å². The Labute approximate surface area is 80.4 Å². The highest BCUT2D eigenvalue weighted by Crippen LogP contribution is 2.29. The smallest absolute Gasteiger partial charge is 0.243 e. The number of nitrogens with one attached hydrogen (secondary N) is 1. The highest BCUT2D eigenvalue weighted by Gasteiger charge is 2.20. The lowest BCUT2D eigenvalue weighted by molar-refractivity contribution is -0.116. The van der Waals surface area contributed by atoms with Crippen LogP contribution in [-0.4, -0.2) is 12.5 Å². The molecule has 0 radical (unpaired) electrons. The van der Waals surface area contributed by atoms with Gasteiger partial charge < -0.3 is 5.32 Å². The van der Waals surface area contributed by atoms with Gasteiger partial charge in [0, 0.05) is 6.54 Å². The van der Waals surface area contributed by atoms with Crippen LogP contribution in [0, 0.1) is 11.8 Å². The van der Waals surface area contributed by atoms with Crippen molar-refractivity contribution in [3.05, 3.63) is 12.2 Å². The maximum absolute atomic E-state index is 11.1. The average molecular weight is 181 g/mol. The molecule has 0 saturated heterocycles. The molecule has 0 aromatic heterocycles. The van der Waals surface area contributed by atoms with Crippen LogP contribution in [0.5, 0.6) is 0 Å². The Hall–Kier alpha value is -0.790. The van der Waals surface area contributed by atoms with E-state index in [-0.39, 0.29) is 5.91 Å². The Morgan fingerprint density at radius 3 is 2.85 bits per heavy atom. The predicted molar refractivity (Wildman–Crippen MR) is 54.3 cm³/mol. The van der Waals surface area contributed by atoms with Crippen LogP contribution in [0.15, 0.2) is 12.2 Å². The van der Waals surface area contributed by atoms with Gasteiger partial charge in [0.05, 0.1) is 0 Å². The van der Waals surface area contributed by atoms with Crippen LogP contribution >= 0.6 is 0 Å². The summed E-state index contributed by atoms with van der Waals surface area (Å²) in [5.41, 5.74) is 0. The second-order valence-electron chi connectivity index (χ2n) is 4.03. The van der Waals surface area contributed by atoms with E-state index in [0.29, 0.717) is 5.92 Å². The third-order valence-corrected chi connectivity index (χ3v) is 2.69. The third kappa shape index (κ3) is 3.62. The van der Waals surface area contributed by atoms with Crippen LogP contribution < -0.4 is 5.32 Å². The Morgan fingerprint density at radius 1 is 1.54 bits per heavy atom. The van der Waals surface area contributed by atoms with Crippen LogP contribution in [0.25, 0.3) is 0 Å². The van der Waals surface area contributed by atoms with Gasteiger partial charge in [-0.2, -0.15) is 0 Å². The number of carbonyl (C=O) groups excluding carboxylic acids is 1. The number of hydrogen-bond acceptors (Lipinski definition) is 1. The number of rotatable bonds is 3. The van der Waals surface area contributed by atoms with Crippen molar-refractivity contribution < 1.29 is 4.79 Å². The van der Waals surface area contributed by atoms with E-state index in [9.17, 15) is 4.79 Å². The van der Waals surface area contributed by atoms with Crippen molar-refractivity contribution in [3.8, 4) is 0 Å². The maximum Gasteiger partial charge on any atom is 0.243 e. The van der Waals surface area contributed by atoms with Gasteiger partial charge in [0.1, 0.15) is 0 Å². The first-order valence-electron chi connectivity index (χ1n) is 5.13. The molecule has 0 aromatic carbocycles. The highest BCUT2D eigenvalue weighted by molar-refractivity contribution is 5.87. The molecule has 74 valence electrons. The van der Waals surface area contributed by atoms with Crippen molar-refractivity contribution in [3.63, 3.8) is 0 Å². The largest absolute Gasteiger partial charge is 0.352 e. The van der Waals surface area contributed by atoms with E-state index in [0.717, 1.165) is 12.5 Å². The van der Waals surface area contributed by atoms with Gasteiger partial charge in [-0.05, 0) is 37.7 Å². The molecule has 2 atom stereocenters. The normalized spacial score (nSPS) is 28.2. The molecular weight excluding hydrogens is 162 g/mol. The van der Waals surface area contributed by atoms with E-state index in [1.54, 1.807) is 12.2 Å². The Kier molecular flexibility index (Phi) is 4.00. The lowest BCUT2D eigenvalue weighted by Gasteiger charge is -2.09. The van der Waals surface area contributed by atoms with E-state index in [2.05, 4.69) is 12.2 Å². The molecular formula is C11H19NO. The van der Waals surface area contributed by atoms with Gasteiger partial charge in [-0.15, -0.1) is 0 Å². The molecule has 0 heterocycles. The fourth-order valence-electron chi connectivity index (χ4n) is 1.97. The van der Waals surface area contributed by atoms with Gasteiger partial charge in [0.25, 0.3) is 0 Å². The minimum absolute atomic E-state index is 0.0436. The molecule has 13 heavy (non-hydrogen) atoms. The molecule has 1 fully saturated rings.